The van der Waals surface area contributed by atoms with Crippen molar-refractivity contribution in [3.63, 3.8) is 0 Å². The first-order valence-electron chi connectivity index (χ1n) is 8.66. The fourth-order valence-corrected chi connectivity index (χ4v) is 3.90. The second-order valence-electron chi connectivity index (χ2n) is 6.25. The molecule has 0 atom stereocenters. The molecule has 0 unspecified atom stereocenters. The van der Waals surface area contributed by atoms with Crippen LogP contribution in [0.25, 0.3) is 16.1 Å². The Morgan fingerprint density at radius 2 is 1.96 bits per heavy atom. The van der Waals surface area contributed by atoms with Crippen molar-refractivity contribution in [2.75, 3.05) is 13.1 Å². The van der Waals surface area contributed by atoms with Gasteiger partial charge in [0.25, 0.3) is 0 Å². The molecular weight excluding hydrogens is 342 g/mol. The fourth-order valence-electron chi connectivity index (χ4n) is 3.09. The predicted molar refractivity (Wildman–Crippen MR) is 105 cm³/mol. The van der Waals surface area contributed by atoms with Crippen LogP contribution < -0.4 is 0 Å². The number of thiazole rings is 1. The highest BCUT2D eigenvalue weighted by Crippen LogP contribution is 2.24. The third-order valence-electron chi connectivity index (χ3n) is 4.50. The van der Waals surface area contributed by atoms with Gasteiger partial charge in [0.15, 0.2) is 0 Å². The van der Waals surface area contributed by atoms with E-state index in [0.717, 1.165) is 29.2 Å². The average molecular weight is 361 g/mol. The van der Waals surface area contributed by atoms with Gasteiger partial charge in [-0.2, -0.15) is 0 Å². The van der Waals surface area contributed by atoms with Crippen LogP contribution in [0.2, 0.25) is 0 Å². The molecule has 0 bridgehead atoms. The molecule has 4 rings (SSSR count). The van der Waals surface area contributed by atoms with E-state index in [4.69, 9.17) is 0 Å². The van der Waals surface area contributed by atoms with Gasteiger partial charge in [0.05, 0.1) is 12.1 Å². The Morgan fingerprint density at radius 3 is 2.69 bits per heavy atom. The van der Waals surface area contributed by atoms with Crippen molar-refractivity contribution in [1.29, 1.82) is 0 Å². The number of nitrogens with zero attached hydrogens (tertiary/aromatic N) is 3. The van der Waals surface area contributed by atoms with Gasteiger partial charge in [-0.3, -0.25) is 9.78 Å². The molecule has 3 aromatic rings. The number of aromatic nitrogens is 2. The molecule has 1 aromatic carbocycles. The van der Waals surface area contributed by atoms with Crippen molar-refractivity contribution < 1.29 is 4.79 Å². The summed E-state index contributed by atoms with van der Waals surface area (Å²) >= 11 is 1.56. The minimum Gasteiger partial charge on any atom is -0.338 e. The topological polar surface area (TPSA) is 46.1 Å². The van der Waals surface area contributed by atoms with E-state index in [0.29, 0.717) is 13.0 Å². The Labute approximate surface area is 156 Å². The van der Waals surface area contributed by atoms with Crippen LogP contribution in [0.5, 0.6) is 0 Å². The molecule has 5 heteroatoms. The Bertz CT molecular complexity index is 919. The van der Waals surface area contributed by atoms with Crippen molar-refractivity contribution in [3.05, 3.63) is 77.6 Å². The molecule has 0 fully saturated rings. The molecular formula is C21H19N3OS. The number of hydrogen-bond acceptors (Lipinski definition) is 4. The second-order valence-corrected chi connectivity index (χ2v) is 7.11. The molecule has 130 valence electrons. The van der Waals surface area contributed by atoms with E-state index in [1.807, 2.05) is 28.5 Å². The Balaban J connectivity index is 1.39. The molecule has 1 aliphatic rings. The third kappa shape index (κ3) is 3.73. The molecule has 0 saturated heterocycles. The first-order chi connectivity index (χ1) is 12.8. The van der Waals surface area contributed by atoms with Crippen molar-refractivity contribution in [1.82, 2.24) is 14.9 Å². The summed E-state index contributed by atoms with van der Waals surface area (Å²) in [6, 6.07) is 14.3. The predicted octanol–water partition coefficient (Wildman–Crippen LogP) is 4.06. The van der Waals surface area contributed by atoms with Gasteiger partial charge in [0, 0.05) is 36.4 Å². The molecule has 2 aromatic heterocycles. The van der Waals surface area contributed by atoms with E-state index in [2.05, 4.69) is 40.3 Å². The van der Waals surface area contributed by atoms with Crippen molar-refractivity contribution in [3.8, 4) is 10.6 Å². The van der Waals surface area contributed by atoms with Gasteiger partial charge >= 0.3 is 0 Å². The van der Waals surface area contributed by atoms with Gasteiger partial charge in [0.2, 0.25) is 5.91 Å². The highest BCUT2D eigenvalue weighted by atomic mass is 32.1. The molecule has 4 nitrogen and oxygen atoms in total. The molecule has 3 heterocycles. The lowest BCUT2D eigenvalue weighted by molar-refractivity contribution is -0.130. The van der Waals surface area contributed by atoms with E-state index in [-0.39, 0.29) is 5.91 Å². The summed E-state index contributed by atoms with van der Waals surface area (Å²) in [5.74, 6) is 0.136. The lowest BCUT2D eigenvalue weighted by Crippen LogP contribution is -2.35. The van der Waals surface area contributed by atoms with Gasteiger partial charge in [-0.05, 0) is 29.7 Å². The zero-order valence-corrected chi connectivity index (χ0v) is 15.2. The number of carbonyl (C=O) groups is 1. The lowest BCUT2D eigenvalue weighted by Gasteiger charge is -2.26. The summed E-state index contributed by atoms with van der Waals surface area (Å²) in [4.78, 5) is 23.2. The SMILES string of the molecule is O=C(Cc1csc(-c2cccnc2)n1)N1CC=C(c2ccccc2)CC1. The zero-order chi connectivity index (χ0) is 17.8. The van der Waals surface area contributed by atoms with Crippen molar-refractivity contribution >= 4 is 22.8 Å². The van der Waals surface area contributed by atoms with E-state index >= 15 is 0 Å². The fraction of sp³-hybridized carbons (Fsp3) is 0.190. The summed E-state index contributed by atoms with van der Waals surface area (Å²) in [5, 5.41) is 2.88. The quantitative estimate of drug-likeness (QED) is 0.704. The number of pyridine rings is 1. The first-order valence-corrected chi connectivity index (χ1v) is 9.54. The second kappa shape index (κ2) is 7.62. The van der Waals surface area contributed by atoms with Crippen LogP contribution in [-0.2, 0) is 11.2 Å². The van der Waals surface area contributed by atoms with Gasteiger partial charge < -0.3 is 4.90 Å². The normalized spacial score (nSPS) is 14.2. The Hall–Kier alpha value is -2.79. The zero-order valence-electron chi connectivity index (χ0n) is 14.3. The van der Waals surface area contributed by atoms with Crippen LogP contribution in [0.3, 0.4) is 0 Å². The van der Waals surface area contributed by atoms with Crippen LogP contribution in [0.4, 0.5) is 0 Å². The van der Waals surface area contributed by atoms with Crippen LogP contribution >= 0.6 is 11.3 Å². The number of amides is 1. The monoisotopic (exact) mass is 361 g/mol. The summed E-state index contributed by atoms with van der Waals surface area (Å²) in [6.07, 6.45) is 6.96. The van der Waals surface area contributed by atoms with Crippen LogP contribution in [0.1, 0.15) is 17.7 Å². The largest absolute Gasteiger partial charge is 0.338 e. The summed E-state index contributed by atoms with van der Waals surface area (Å²) < 4.78 is 0. The minimum atomic E-state index is 0.136. The maximum Gasteiger partial charge on any atom is 0.228 e. The molecule has 0 N–H and O–H groups in total. The lowest BCUT2D eigenvalue weighted by atomic mass is 9.99. The first kappa shape index (κ1) is 16.7. The maximum atomic E-state index is 12.6. The van der Waals surface area contributed by atoms with Crippen molar-refractivity contribution in [2.45, 2.75) is 12.8 Å². The van der Waals surface area contributed by atoms with Gasteiger partial charge in [-0.1, -0.05) is 36.4 Å². The van der Waals surface area contributed by atoms with Crippen LogP contribution in [-0.4, -0.2) is 33.9 Å². The summed E-state index contributed by atoms with van der Waals surface area (Å²) in [7, 11) is 0. The molecule has 1 aliphatic heterocycles. The highest BCUT2D eigenvalue weighted by Gasteiger charge is 2.19. The van der Waals surface area contributed by atoms with E-state index < -0.39 is 0 Å². The van der Waals surface area contributed by atoms with Crippen LogP contribution in [0.15, 0.2) is 66.3 Å². The summed E-state index contributed by atoms with van der Waals surface area (Å²) in [5.41, 5.74) is 4.39. The standard InChI is InChI=1S/C21H19N3OS/c25-20(13-19-15-26-21(23-19)18-7-4-10-22-14-18)24-11-8-17(9-12-24)16-5-2-1-3-6-16/h1-8,10,14-15H,9,11-13H2. The Morgan fingerprint density at radius 1 is 1.12 bits per heavy atom. The average Bonchev–Trinajstić information content (AvgIpc) is 3.18. The smallest absolute Gasteiger partial charge is 0.228 e. The molecule has 0 radical (unpaired) electrons. The van der Waals surface area contributed by atoms with E-state index in [9.17, 15) is 4.79 Å². The van der Waals surface area contributed by atoms with Crippen molar-refractivity contribution in [2.24, 2.45) is 0 Å². The maximum absolute atomic E-state index is 12.6. The van der Waals surface area contributed by atoms with E-state index in [1.54, 1.807) is 23.7 Å². The van der Waals surface area contributed by atoms with E-state index in [1.165, 1.54) is 11.1 Å². The third-order valence-corrected chi connectivity index (χ3v) is 5.44. The summed E-state index contributed by atoms with van der Waals surface area (Å²) in [6.45, 7) is 1.43. The Kier molecular flexibility index (Phi) is 4.88. The molecule has 26 heavy (non-hydrogen) atoms. The molecule has 0 aliphatic carbocycles. The molecule has 1 amide bonds. The molecule has 0 saturated carbocycles. The number of benzene rings is 1. The highest BCUT2D eigenvalue weighted by molar-refractivity contribution is 7.13. The number of carbonyl (C=O) groups excluding carboxylic acids is 1. The van der Waals surface area contributed by atoms with Crippen LogP contribution in [0, 0.1) is 0 Å². The molecule has 0 spiro atoms. The van der Waals surface area contributed by atoms with Gasteiger partial charge in [-0.15, -0.1) is 11.3 Å². The number of hydrogen-bond donors (Lipinski definition) is 0. The minimum absolute atomic E-state index is 0.136. The van der Waals surface area contributed by atoms with Gasteiger partial charge in [-0.25, -0.2) is 4.98 Å². The van der Waals surface area contributed by atoms with Gasteiger partial charge in [0.1, 0.15) is 5.01 Å². The number of rotatable bonds is 4.